The van der Waals surface area contributed by atoms with Gasteiger partial charge < -0.3 is 0 Å². The van der Waals surface area contributed by atoms with Gasteiger partial charge in [0.05, 0.1) is 5.02 Å². The lowest BCUT2D eigenvalue weighted by molar-refractivity contribution is 0.0940. The van der Waals surface area contributed by atoms with Crippen LogP contribution in [0.4, 0.5) is 0 Å². The number of halogens is 1. The summed E-state index contributed by atoms with van der Waals surface area (Å²) in [5.41, 5.74) is 1.72. The van der Waals surface area contributed by atoms with Crippen molar-refractivity contribution in [3.8, 4) is 0 Å². The van der Waals surface area contributed by atoms with Crippen molar-refractivity contribution in [1.82, 2.24) is 0 Å². The fourth-order valence-electron chi connectivity index (χ4n) is 1.42. The molecule has 1 rings (SSSR count). The van der Waals surface area contributed by atoms with Crippen LogP contribution in [0.25, 0.3) is 0 Å². The fraction of sp³-hybridized carbons (Fsp3) is 0.462. The number of aryl methyl sites for hydroxylation is 1. The number of Topliss-reactive ketones (excluding diaryl/α,β-unsaturated/α-hetero) is 1. The summed E-state index contributed by atoms with van der Waals surface area (Å²) in [5.74, 6) is 0.118. The lowest BCUT2D eigenvalue weighted by Gasteiger charge is -2.17. The van der Waals surface area contributed by atoms with Crippen LogP contribution in [0.15, 0.2) is 18.2 Å². The Hall–Kier alpha value is -0.820. The molecule has 82 valence electrons. The number of hydrogen-bond donors (Lipinski definition) is 0. The molecule has 0 aliphatic carbocycles. The molecule has 1 aromatic rings. The summed E-state index contributed by atoms with van der Waals surface area (Å²) >= 11 is 6.03. The number of ketones is 1. The number of rotatable bonds is 2. The zero-order valence-electron chi connectivity index (χ0n) is 9.73. The monoisotopic (exact) mass is 224 g/mol. The average Bonchev–Trinajstić information content (AvgIpc) is 1.99. The van der Waals surface area contributed by atoms with Crippen molar-refractivity contribution in [1.29, 1.82) is 0 Å². The summed E-state index contributed by atoms with van der Waals surface area (Å²) in [5, 5.41) is 0.559. The van der Waals surface area contributed by atoms with E-state index in [0.717, 1.165) is 5.56 Å². The van der Waals surface area contributed by atoms with E-state index in [1.807, 2.05) is 45.9 Å². The standard InChI is InChI=1S/C13H17ClO/c1-9-5-6-10(11(14)7-9)12(15)8-13(2,3)4/h5-7H,8H2,1-4H3. The van der Waals surface area contributed by atoms with Crippen LogP contribution in [0.1, 0.15) is 43.1 Å². The zero-order valence-corrected chi connectivity index (χ0v) is 10.5. The van der Waals surface area contributed by atoms with Gasteiger partial charge in [0.2, 0.25) is 0 Å². The van der Waals surface area contributed by atoms with Crippen LogP contribution in [0.2, 0.25) is 5.02 Å². The van der Waals surface area contributed by atoms with Crippen molar-refractivity contribution in [2.45, 2.75) is 34.1 Å². The Labute approximate surface area is 96.5 Å². The molecular weight excluding hydrogens is 208 g/mol. The molecule has 0 N–H and O–H groups in total. The normalized spacial score (nSPS) is 11.5. The van der Waals surface area contributed by atoms with E-state index in [0.29, 0.717) is 17.0 Å². The van der Waals surface area contributed by atoms with E-state index in [2.05, 4.69) is 0 Å². The fourth-order valence-corrected chi connectivity index (χ4v) is 1.76. The minimum absolute atomic E-state index is 0.00526. The van der Waals surface area contributed by atoms with E-state index in [1.165, 1.54) is 0 Å². The molecular formula is C13H17ClO. The molecule has 0 radical (unpaired) electrons. The van der Waals surface area contributed by atoms with E-state index < -0.39 is 0 Å². The highest BCUT2D eigenvalue weighted by atomic mass is 35.5. The molecule has 0 amide bonds. The van der Waals surface area contributed by atoms with E-state index in [4.69, 9.17) is 11.6 Å². The van der Waals surface area contributed by atoms with E-state index in [9.17, 15) is 4.79 Å². The molecule has 1 aromatic carbocycles. The Kier molecular flexibility index (Phi) is 3.56. The molecule has 0 unspecified atom stereocenters. The molecule has 1 nitrogen and oxygen atoms in total. The second-order valence-electron chi connectivity index (χ2n) is 5.14. The van der Waals surface area contributed by atoms with Crippen LogP contribution < -0.4 is 0 Å². The minimum atomic E-state index is 0.00526. The third-order valence-corrected chi connectivity index (χ3v) is 2.43. The van der Waals surface area contributed by atoms with Gasteiger partial charge in [-0.25, -0.2) is 0 Å². The third kappa shape index (κ3) is 3.67. The highest BCUT2D eigenvalue weighted by Gasteiger charge is 2.18. The zero-order chi connectivity index (χ0) is 11.6. The first-order chi connectivity index (χ1) is 6.79. The average molecular weight is 225 g/mol. The van der Waals surface area contributed by atoms with Crippen LogP contribution >= 0.6 is 11.6 Å². The topological polar surface area (TPSA) is 17.1 Å². The lowest BCUT2D eigenvalue weighted by Crippen LogP contribution is -2.13. The number of carbonyl (C=O) groups is 1. The van der Waals surface area contributed by atoms with Crippen molar-refractivity contribution >= 4 is 17.4 Å². The van der Waals surface area contributed by atoms with Gasteiger partial charge in [0.1, 0.15) is 0 Å². The number of benzene rings is 1. The molecule has 0 aliphatic heterocycles. The predicted molar refractivity (Wildman–Crippen MR) is 64.6 cm³/mol. The maximum absolute atomic E-state index is 11.9. The smallest absolute Gasteiger partial charge is 0.164 e. The van der Waals surface area contributed by atoms with Gasteiger partial charge in [-0.2, -0.15) is 0 Å². The van der Waals surface area contributed by atoms with Crippen LogP contribution in [0.5, 0.6) is 0 Å². The summed E-state index contributed by atoms with van der Waals surface area (Å²) in [6.45, 7) is 8.11. The van der Waals surface area contributed by atoms with Gasteiger partial charge in [-0.05, 0) is 30.0 Å². The van der Waals surface area contributed by atoms with Crippen LogP contribution in [0.3, 0.4) is 0 Å². The maximum Gasteiger partial charge on any atom is 0.164 e. The molecule has 0 spiro atoms. The first-order valence-corrected chi connectivity index (χ1v) is 5.47. The van der Waals surface area contributed by atoms with Crippen molar-refractivity contribution in [3.63, 3.8) is 0 Å². The molecule has 15 heavy (non-hydrogen) atoms. The van der Waals surface area contributed by atoms with Crippen LogP contribution in [-0.2, 0) is 0 Å². The molecule has 0 saturated carbocycles. The predicted octanol–water partition coefficient (Wildman–Crippen LogP) is 4.27. The van der Waals surface area contributed by atoms with Gasteiger partial charge in [0, 0.05) is 12.0 Å². The molecule has 2 heteroatoms. The number of carbonyl (C=O) groups excluding carboxylic acids is 1. The Balaban J connectivity index is 2.92. The first-order valence-electron chi connectivity index (χ1n) is 5.09. The quantitative estimate of drug-likeness (QED) is 0.686. The summed E-state index contributed by atoms with van der Waals surface area (Å²) in [6.07, 6.45) is 0.524. The van der Waals surface area contributed by atoms with Gasteiger partial charge >= 0.3 is 0 Å². The van der Waals surface area contributed by atoms with Gasteiger partial charge in [0.25, 0.3) is 0 Å². The molecule has 0 aromatic heterocycles. The summed E-state index contributed by atoms with van der Waals surface area (Å²) in [4.78, 5) is 11.9. The van der Waals surface area contributed by atoms with Crippen LogP contribution in [0, 0.1) is 12.3 Å². The van der Waals surface area contributed by atoms with E-state index in [1.54, 1.807) is 0 Å². The maximum atomic E-state index is 11.9. The van der Waals surface area contributed by atoms with Crippen molar-refractivity contribution < 1.29 is 4.79 Å². The Morgan fingerprint density at radius 1 is 1.33 bits per heavy atom. The Bertz CT molecular complexity index is 375. The largest absolute Gasteiger partial charge is 0.294 e. The first kappa shape index (κ1) is 12.3. The Morgan fingerprint density at radius 3 is 2.40 bits per heavy atom. The van der Waals surface area contributed by atoms with Gasteiger partial charge in [-0.1, -0.05) is 38.4 Å². The number of hydrogen-bond acceptors (Lipinski definition) is 1. The second-order valence-corrected chi connectivity index (χ2v) is 5.55. The third-order valence-electron chi connectivity index (χ3n) is 2.12. The van der Waals surface area contributed by atoms with Crippen molar-refractivity contribution in [3.05, 3.63) is 34.3 Å². The van der Waals surface area contributed by atoms with E-state index in [-0.39, 0.29) is 11.2 Å². The molecule has 0 atom stereocenters. The van der Waals surface area contributed by atoms with E-state index >= 15 is 0 Å². The summed E-state index contributed by atoms with van der Waals surface area (Å²) in [6, 6.07) is 5.56. The summed E-state index contributed by atoms with van der Waals surface area (Å²) < 4.78 is 0. The Morgan fingerprint density at radius 2 is 1.93 bits per heavy atom. The lowest BCUT2D eigenvalue weighted by atomic mass is 9.88. The molecule has 0 saturated heterocycles. The highest BCUT2D eigenvalue weighted by Crippen LogP contribution is 2.25. The molecule has 0 fully saturated rings. The molecule has 0 bridgehead atoms. The summed E-state index contributed by atoms with van der Waals surface area (Å²) in [7, 11) is 0. The van der Waals surface area contributed by atoms with Crippen LogP contribution in [-0.4, -0.2) is 5.78 Å². The SMILES string of the molecule is Cc1ccc(C(=O)CC(C)(C)C)c(Cl)c1. The van der Waals surface area contributed by atoms with Crippen molar-refractivity contribution in [2.24, 2.45) is 5.41 Å². The van der Waals surface area contributed by atoms with Gasteiger partial charge in [-0.15, -0.1) is 0 Å². The van der Waals surface area contributed by atoms with Crippen molar-refractivity contribution in [2.75, 3.05) is 0 Å². The molecule has 0 heterocycles. The molecule has 0 aliphatic rings. The highest BCUT2D eigenvalue weighted by molar-refractivity contribution is 6.34. The second kappa shape index (κ2) is 4.36. The minimum Gasteiger partial charge on any atom is -0.294 e. The van der Waals surface area contributed by atoms with Gasteiger partial charge in [0.15, 0.2) is 5.78 Å². The van der Waals surface area contributed by atoms with Gasteiger partial charge in [-0.3, -0.25) is 4.79 Å².